The van der Waals surface area contributed by atoms with E-state index in [2.05, 4.69) is 5.32 Å². The number of halogens is 3. The van der Waals surface area contributed by atoms with Crippen molar-refractivity contribution in [3.63, 3.8) is 0 Å². The van der Waals surface area contributed by atoms with Crippen LogP contribution in [0, 0.1) is 6.92 Å². The van der Waals surface area contributed by atoms with Gasteiger partial charge >= 0.3 is 6.18 Å². The van der Waals surface area contributed by atoms with Crippen LogP contribution in [0.25, 0.3) is 0 Å². The molecular formula is C30H34F3N3O5S. The number of ether oxygens (including phenoxy) is 1. The molecule has 12 heteroatoms. The number of rotatable bonds is 11. The van der Waals surface area contributed by atoms with Crippen LogP contribution in [-0.2, 0) is 32.3 Å². The molecule has 0 saturated heterocycles. The Labute approximate surface area is 244 Å². The van der Waals surface area contributed by atoms with Gasteiger partial charge in [0, 0.05) is 12.6 Å². The highest BCUT2D eigenvalue weighted by atomic mass is 32.2. The molecule has 1 N–H and O–H groups in total. The van der Waals surface area contributed by atoms with Crippen LogP contribution < -0.4 is 14.4 Å². The molecule has 1 atom stereocenters. The third kappa shape index (κ3) is 8.03. The zero-order chi connectivity index (χ0) is 31.2. The van der Waals surface area contributed by atoms with Crippen LogP contribution in [0.15, 0.2) is 77.7 Å². The lowest BCUT2D eigenvalue weighted by Gasteiger charge is -2.32. The number of carbonyl (C=O) groups excluding carboxylic acids is 2. The summed E-state index contributed by atoms with van der Waals surface area (Å²) in [5.41, 5.74) is -0.0576. The standard InChI is InChI=1S/C30H34F3N3O5S/c1-20(2)34-29(38)22(4)35(18-23-8-6-11-26(16-23)41-5)28(37)19-36(25-10-7-9-24(17-25)30(31,32)33)42(39,40)27-14-12-21(3)13-15-27/h6-17,20,22H,18-19H2,1-5H3,(H,34,38). The number of carbonyl (C=O) groups is 2. The normalized spacial score (nSPS) is 12.5. The van der Waals surface area contributed by atoms with Gasteiger partial charge in [0.05, 0.1) is 23.3 Å². The van der Waals surface area contributed by atoms with Crippen molar-refractivity contribution in [1.82, 2.24) is 10.2 Å². The number of sulfonamides is 1. The van der Waals surface area contributed by atoms with Crippen molar-refractivity contribution in [2.45, 2.75) is 57.4 Å². The maximum absolute atomic E-state index is 13.9. The smallest absolute Gasteiger partial charge is 0.416 e. The minimum atomic E-state index is -4.75. The van der Waals surface area contributed by atoms with Crippen molar-refractivity contribution in [2.24, 2.45) is 0 Å². The van der Waals surface area contributed by atoms with E-state index in [1.165, 1.54) is 37.1 Å². The molecule has 0 aromatic heterocycles. The van der Waals surface area contributed by atoms with Gasteiger partial charge in [0.1, 0.15) is 18.3 Å². The van der Waals surface area contributed by atoms with Crippen LogP contribution in [0.5, 0.6) is 5.75 Å². The third-order valence-electron chi connectivity index (χ3n) is 6.43. The van der Waals surface area contributed by atoms with Crippen LogP contribution in [0.4, 0.5) is 18.9 Å². The molecule has 0 radical (unpaired) electrons. The quantitative estimate of drug-likeness (QED) is 0.326. The lowest BCUT2D eigenvalue weighted by Crippen LogP contribution is -2.52. The number of methoxy groups -OCH3 is 1. The second kappa shape index (κ2) is 13.3. The van der Waals surface area contributed by atoms with Crippen molar-refractivity contribution in [1.29, 1.82) is 0 Å². The number of hydrogen-bond donors (Lipinski definition) is 1. The first-order chi connectivity index (χ1) is 19.6. The van der Waals surface area contributed by atoms with E-state index in [0.717, 1.165) is 17.7 Å². The molecule has 0 aliphatic carbocycles. The second-order valence-corrected chi connectivity index (χ2v) is 11.9. The Kier molecular flexibility index (Phi) is 10.3. The number of aryl methyl sites for hydroxylation is 1. The number of amides is 2. The van der Waals surface area contributed by atoms with E-state index in [4.69, 9.17) is 4.74 Å². The van der Waals surface area contributed by atoms with E-state index in [1.54, 1.807) is 57.2 Å². The first-order valence-corrected chi connectivity index (χ1v) is 14.6. The molecule has 0 heterocycles. The lowest BCUT2D eigenvalue weighted by atomic mass is 10.1. The van der Waals surface area contributed by atoms with Gasteiger partial charge in [-0.2, -0.15) is 13.2 Å². The van der Waals surface area contributed by atoms with Gasteiger partial charge in [-0.3, -0.25) is 13.9 Å². The molecule has 8 nitrogen and oxygen atoms in total. The van der Waals surface area contributed by atoms with E-state index in [1.807, 2.05) is 0 Å². The van der Waals surface area contributed by atoms with Gasteiger partial charge in [0.25, 0.3) is 10.0 Å². The molecule has 3 aromatic carbocycles. The number of alkyl halides is 3. The summed E-state index contributed by atoms with van der Waals surface area (Å²) < 4.78 is 74.3. The number of hydrogen-bond acceptors (Lipinski definition) is 5. The SMILES string of the molecule is COc1cccc(CN(C(=O)CN(c2cccc(C(F)(F)F)c2)S(=O)(=O)c2ccc(C)cc2)C(C)C(=O)NC(C)C)c1. The molecule has 0 aliphatic rings. The van der Waals surface area contributed by atoms with Crippen molar-refractivity contribution < 1.29 is 35.9 Å². The highest BCUT2D eigenvalue weighted by molar-refractivity contribution is 7.92. The minimum Gasteiger partial charge on any atom is -0.497 e. The van der Waals surface area contributed by atoms with Gasteiger partial charge in [-0.15, -0.1) is 0 Å². The number of nitrogens with zero attached hydrogens (tertiary/aromatic N) is 2. The monoisotopic (exact) mass is 605 g/mol. The Morgan fingerprint density at radius 1 is 0.952 bits per heavy atom. The Bertz CT molecular complexity index is 1510. The van der Waals surface area contributed by atoms with Crippen LogP contribution in [0.1, 0.15) is 37.5 Å². The summed E-state index contributed by atoms with van der Waals surface area (Å²) in [6.07, 6.45) is -4.75. The lowest BCUT2D eigenvalue weighted by molar-refractivity contribution is -0.139. The van der Waals surface area contributed by atoms with Crippen molar-refractivity contribution in [3.05, 3.63) is 89.5 Å². The van der Waals surface area contributed by atoms with Gasteiger partial charge in [0.2, 0.25) is 11.8 Å². The van der Waals surface area contributed by atoms with Crippen LogP contribution in [-0.4, -0.2) is 50.9 Å². The van der Waals surface area contributed by atoms with Gasteiger partial charge in [-0.25, -0.2) is 8.42 Å². The molecular weight excluding hydrogens is 571 g/mol. The van der Waals surface area contributed by atoms with Gasteiger partial charge in [0.15, 0.2) is 0 Å². The Hall–Kier alpha value is -4.06. The van der Waals surface area contributed by atoms with E-state index >= 15 is 0 Å². The summed E-state index contributed by atoms with van der Waals surface area (Å²) in [5, 5.41) is 2.74. The van der Waals surface area contributed by atoms with Crippen molar-refractivity contribution in [2.75, 3.05) is 18.0 Å². The summed E-state index contributed by atoms with van der Waals surface area (Å²) in [5.74, 6) is -0.766. The van der Waals surface area contributed by atoms with Gasteiger partial charge < -0.3 is 15.0 Å². The molecule has 0 fully saturated rings. The Balaban J connectivity index is 2.10. The molecule has 3 aromatic rings. The Morgan fingerprint density at radius 2 is 1.60 bits per heavy atom. The predicted octanol–water partition coefficient (Wildman–Crippen LogP) is 5.16. The summed E-state index contributed by atoms with van der Waals surface area (Å²) >= 11 is 0. The molecule has 0 bridgehead atoms. The van der Waals surface area contributed by atoms with Gasteiger partial charge in [-0.1, -0.05) is 35.9 Å². The summed E-state index contributed by atoms with van der Waals surface area (Å²) in [6, 6.07) is 15.0. The fourth-order valence-electron chi connectivity index (χ4n) is 4.16. The summed E-state index contributed by atoms with van der Waals surface area (Å²) in [4.78, 5) is 27.9. The van der Waals surface area contributed by atoms with Crippen molar-refractivity contribution in [3.8, 4) is 5.75 Å². The van der Waals surface area contributed by atoms with Crippen LogP contribution >= 0.6 is 0 Å². The average molecular weight is 606 g/mol. The number of benzene rings is 3. The molecule has 226 valence electrons. The minimum absolute atomic E-state index is 0.0935. The largest absolute Gasteiger partial charge is 0.497 e. The number of nitrogens with one attached hydrogen (secondary N) is 1. The molecule has 42 heavy (non-hydrogen) atoms. The third-order valence-corrected chi connectivity index (χ3v) is 8.22. The van der Waals surface area contributed by atoms with Crippen LogP contribution in [0.3, 0.4) is 0 Å². The maximum atomic E-state index is 13.9. The van der Waals surface area contributed by atoms with Crippen molar-refractivity contribution >= 4 is 27.5 Å². The van der Waals surface area contributed by atoms with Crippen LogP contribution in [0.2, 0.25) is 0 Å². The molecule has 0 saturated carbocycles. The molecule has 0 aliphatic heterocycles. The number of anilines is 1. The van der Waals surface area contributed by atoms with E-state index in [0.29, 0.717) is 21.7 Å². The van der Waals surface area contributed by atoms with E-state index in [-0.39, 0.29) is 23.2 Å². The first-order valence-electron chi connectivity index (χ1n) is 13.1. The molecule has 1 unspecified atom stereocenters. The van der Waals surface area contributed by atoms with Gasteiger partial charge in [-0.05, 0) is 75.7 Å². The van der Waals surface area contributed by atoms with E-state index < -0.39 is 46.2 Å². The fraction of sp³-hybridized carbons (Fsp3) is 0.333. The molecule has 3 rings (SSSR count). The van der Waals surface area contributed by atoms with E-state index in [9.17, 15) is 31.2 Å². The molecule has 2 amide bonds. The second-order valence-electron chi connectivity index (χ2n) is 10.1. The average Bonchev–Trinajstić information content (AvgIpc) is 2.93. The predicted molar refractivity (Wildman–Crippen MR) is 153 cm³/mol. The summed E-state index contributed by atoms with van der Waals surface area (Å²) in [7, 11) is -3.04. The zero-order valence-electron chi connectivity index (χ0n) is 24.0. The molecule has 0 spiro atoms. The topological polar surface area (TPSA) is 96.0 Å². The highest BCUT2D eigenvalue weighted by Gasteiger charge is 2.35. The summed E-state index contributed by atoms with van der Waals surface area (Å²) in [6.45, 7) is 5.80. The fourth-order valence-corrected chi connectivity index (χ4v) is 5.56. The first kappa shape index (κ1) is 32.5. The Morgan fingerprint density at radius 3 is 2.19 bits per heavy atom. The highest BCUT2D eigenvalue weighted by Crippen LogP contribution is 2.33. The zero-order valence-corrected chi connectivity index (χ0v) is 24.8. The maximum Gasteiger partial charge on any atom is 0.416 e.